The molecule has 6 nitrogen and oxygen atoms in total. The number of aliphatic imine (C=N–C) groups is 1. The van der Waals surface area contributed by atoms with Crippen molar-refractivity contribution in [1.82, 2.24) is 19.1 Å². The van der Waals surface area contributed by atoms with Gasteiger partial charge in [-0.2, -0.15) is 0 Å². The number of hydrogen-bond donors (Lipinski definition) is 0. The van der Waals surface area contributed by atoms with Gasteiger partial charge in [-0.3, -0.25) is 14.1 Å². The molecule has 0 bridgehead atoms. The first-order valence-corrected chi connectivity index (χ1v) is 21.7. The van der Waals surface area contributed by atoms with E-state index < -0.39 is 0 Å². The highest BCUT2D eigenvalue weighted by atomic mass is 15.3. The largest absolute Gasteiger partial charge is 0.323 e. The Morgan fingerprint density at radius 3 is 1.47 bits per heavy atom. The van der Waals surface area contributed by atoms with E-state index in [0.29, 0.717) is 0 Å². The van der Waals surface area contributed by atoms with Crippen molar-refractivity contribution in [3.63, 3.8) is 0 Å². The summed E-state index contributed by atoms with van der Waals surface area (Å²) in [6.45, 7) is 6.98. The van der Waals surface area contributed by atoms with E-state index in [1.54, 1.807) is 0 Å². The van der Waals surface area contributed by atoms with Crippen molar-refractivity contribution in [3.05, 3.63) is 181 Å². The van der Waals surface area contributed by atoms with Crippen LogP contribution in [-0.2, 0) is 19.3 Å². The van der Waals surface area contributed by atoms with Gasteiger partial charge >= 0.3 is 0 Å². The van der Waals surface area contributed by atoms with Crippen molar-refractivity contribution in [3.8, 4) is 33.6 Å². The number of anilines is 1. The number of imidazole rings is 2. The molecule has 2 aliphatic rings. The van der Waals surface area contributed by atoms with E-state index in [4.69, 9.17) is 15.0 Å². The molecule has 0 saturated carbocycles. The monoisotopic (exact) mass is 782 g/mol. The molecule has 6 aromatic carbocycles. The molecule has 10 rings (SSSR count). The van der Waals surface area contributed by atoms with E-state index in [0.717, 1.165) is 77.7 Å². The van der Waals surface area contributed by atoms with Crippen LogP contribution in [0.1, 0.15) is 62.3 Å². The standard InChI is InChI=1S/C54H50N6/c1-4-16-43-52(37-25-28-46-49(31-37)58(34-55-46)40-19-10-7-11-20-40)44(17-5-2)54(39-27-30-48-51(33-39)60(36-57-48)42-23-14-9-15-24-42)45(18-6-3)53(43)38-26-29-47-50(32-38)59(35-56-47)41-21-12-8-13-22-41/h7-15,19-36,46,49H,4-6,16-18H2,1-3H3. The molecular weight excluding hydrogens is 733 g/mol. The first-order valence-electron chi connectivity index (χ1n) is 21.7. The zero-order valence-electron chi connectivity index (χ0n) is 34.7. The van der Waals surface area contributed by atoms with E-state index in [1.807, 2.05) is 19.0 Å². The Hall–Kier alpha value is -6.79. The summed E-state index contributed by atoms with van der Waals surface area (Å²) < 4.78 is 4.46. The van der Waals surface area contributed by atoms with Crippen molar-refractivity contribution in [2.75, 3.05) is 4.90 Å². The van der Waals surface area contributed by atoms with Gasteiger partial charge in [0, 0.05) is 17.1 Å². The Bertz CT molecular complexity index is 2770. The lowest BCUT2D eigenvalue weighted by molar-refractivity contribution is 0.741. The fourth-order valence-electron chi connectivity index (χ4n) is 9.65. The predicted octanol–water partition coefficient (Wildman–Crippen LogP) is 12.8. The molecule has 2 aromatic heterocycles. The summed E-state index contributed by atoms with van der Waals surface area (Å²) in [5.41, 5.74) is 19.7. The van der Waals surface area contributed by atoms with E-state index in [9.17, 15) is 0 Å². The van der Waals surface area contributed by atoms with E-state index >= 15 is 0 Å². The molecule has 0 amide bonds. The topological polar surface area (TPSA) is 51.2 Å². The van der Waals surface area contributed by atoms with Crippen LogP contribution in [0.3, 0.4) is 0 Å². The van der Waals surface area contributed by atoms with Gasteiger partial charge in [-0.15, -0.1) is 0 Å². The number of aromatic nitrogens is 4. The maximum absolute atomic E-state index is 5.00. The van der Waals surface area contributed by atoms with Gasteiger partial charge in [0.15, 0.2) is 0 Å². The van der Waals surface area contributed by atoms with Gasteiger partial charge in [0.1, 0.15) is 12.7 Å². The fourth-order valence-corrected chi connectivity index (χ4v) is 9.65. The minimum absolute atomic E-state index is 0.0675. The Labute approximate surface area is 352 Å². The summed E-state index contributed by atoms with van der Waals surface area (Å²) in [7, 11) is 0. The highest BCUT2D eigenvalue weighted by Gasteiger charge is 2.33. The fraction of sp³-hybridized carbons (Fsp3) is 0.204. The Balaban J connectivity index is 1.28. The third-order valence-electron chi connectivity index (χ3n) is 12.3. The van der Waals surface area contributed by atoms with Crippen LogP contribution >= 0.6 is 0 Å². The number of rotatable bonds is 12. The molecule has 8 aromatic rings. The molecule has 2 atom stereocenters. The zero-order valence-corrected chi connectivity index (χ0v) is 34.7. The van der Waals surface area contributed by atoms with Gasteiger partial charge in [-0.1, -0.05) is 125 Å². The highest BCUT2D eigenvalue weighted by molar-refractivity contribution is 5.97. The number of benzene rings is 6. The number of nitrogens with zero attached hydrogens (tertiary/aromatic N) is 6. The second-order valence-electron chi connectivity index (χ2n) is 16.1. The van der Waals surface area contributed by atoms with Crippen LogP contribution in [-0.4, -0.2) is 37.5 Å². The third kappa shape index (κ3) is 6.57. The van der Waals surface area contributed by atoms with Crippen LogP contribution in [0, 0.1) is 0 Å². The van der Waals surface area contributed by atoms with Gasteiger partial charge in [0.2, 0.25) is 0 Å². The normalized spacial score (nSPS) is 15.9. The minimum atomic E-state index is 0.0675. The van der Waals surface area contributed by atoms with Crippen LogP contribution in [0.2, 0.25) is 0 Å². The summed E-state index contributed by atoms with van der Waals surface area (Å²) in [6, 6.07) is 45.9. The molecule has 0 N–H and O–H groups in total. The first kappa shape index (κ1) is 37.5. The van der Waals surface area contributed by atoms with Crippen LogP contribution in [0.4, 0.5) is 5.69 Å². The molecule has 0 saturated heterocycles. The van der Waals surface area contributed by atoms with Gasteiger partial charge in [0.25, 0.3) is 0 Å². The number of allylic oxidation sites excluding steroid dienone is 2. The van der Waals surface area contributed by atoms with Crippen LogP contribution in [0.25, 0.3) is 61.3 Å². The Morgan fingerprint density at radius 2 is 0.983 bits per heavy atom. The van der Waals surface area contributed by atoms with Crippen molar-refractivity contribution in [1.29, 1.82) is 0 Å². The molecule has 0 fully saturated rings. The second-order valence-corrected chi connectivity index (χ2v) is 16.1. The van der Waals surface area contributed by atoms with Crippen LogP contribution < -0.4 is 4.90 Å². The van der Waals surface area contributed by atoms with Gasteiger partial charge in [-0.25, -0.2) is 9.97 Å². The second kappa shape index (κ2) is 16.1. The minimum Gasteiger partial charge on any atom is -0.323 e. The molecule has 296 valence electrons. The molecule has 2 unspecified atom stereocenters. The number of hydrogen-bond acceptors (Lipinski definition) is 4. The number of para-hydroxylation sites is 3. The average molecular weight is 783 g/mol. The summed E-state index contributed by atoms with van der Waals surface area (Å²) in [4.78, 5) is 17.1. The quantitative estimate of drug-likeness (QED) is 0.124. The average Bonchev–Trinajstić information content (AvgIpc) is 4.04. The van der Waals surface area contributed by atoms with Crippen LogP contribution in [0.15, 0.2) is 163 Å². The van der Waals surface area contributed by atoms with Gasteiger partial charge < -0.3 is 4.90 Å². The lowest BCUT2D eigenvalue weighted by atomic mass is 9.75. The SMILES string of the molecule is CCCc1c(C2=CC3C(C=C2)N=CN3c2ccccc2)c(CCC)c(-c2ccc3ncn(-c4ccccc4)c3c2)c(CCC)c1-c1ccc2ncn(-c3ccccc3)c2c1. The van der Waals surface area contributed by atoms with E-state index in [-0.39, 0.29) is 12.1 Å². The van der Waals surface area contributed by atoms with Crippen LogP contribution in [0.5, 0.6) is 0 Å². The summed E-state index contributed by atoms with van der Waals surface area (Å²) >= 11 is 0. The highest BCUT2D eigenvalue weighted by Crippen LogP contribution is 2.47. The first-order chi connectivity index (χ1) is 29.6. The predicted molar refractivity (Wildman–Crippen MR) is 251 cm³/mol. The van der Waals surface area contributed by atoms with Gasteiger partial charge in [-0.05, 0) is 130 Å². The molecule has 6 heteroatoms. The lowest BCUT2D eigenvalue weighted by Gasteiger charge is -2.31. The Morgan fingerprint density at radius 1 is 0.517 bits per heavy atom. The number of fused-ring (bicyclic) bond motifs is 3. The maximum atomic E-state index is 5.00. The van der Waals surface area contributed by atoms with Gasteiger partial charge in [0.05, 0.1) is 40.5 Å². The third-order valence-corrected chi connectivity index (χ3v) is 12.3. The van der Waals surface area contributed by atoms with E-state index in [1.165, 1.54) is 50.1 Å². The van der Waals surface area contributed by atoms with Crippen molar-refractivity contribution in [2.45, 2.75) is 71.4 Å². The summed E-state index contributed by atoms with van der Waals surface area (Å²) in [5.74, 6) is 0. The lowest BCUT2D eigenvalue weighted by Crippen LogP contribution is -2.35. The molecule has 0 spiro atoms. The summed E-state index contributed by atoms with van der Waals surface area (Å²) in [6.07, 6.45) is 19.2. The Kier molecular flexibility index (Phi) is 10.1. The smallest absolute Gasteiger partial charge is 0.100 e. The zero-order chi connectivity index (χ0) is 40.6. The molecule has 0 radical (unpaired) electrons. The van der Waals surface area contributed by atoms with Crippen molar-refractivity contribution in [2.24, 2.45) is 4.99 Å². The molecular formula is C54H50N6. The molecule has 60 heavy (non-hydrogen) atoms. The molecule has 3 heterocycles. The van der Waals surface area contributed by atoms with Crippen molar-refractivity contribution < 1.29 is 0 Å². The molecule has 1 aliphatic heterocycles. The molecule has 1 aliphatic carbocycles. The maximum Gasteiger partial charge on any atom is 0.100 e. The summed E-state index contributed by atoms with van der Waals surface area (Å²) in [5, 5.41) is 0. The van der Waals surface area contributed by atoms with Crippen molar-refractivity contribution >= 4 is 39.7 Å². The van der Waals surface area contributed by atoms with E-state index in [2.05, 4.69) is 180 Å².